The van der Waals surface area contributed by atoms with Gasteiger partial charge in [-0.3, -0.25) is 0 Å². The summed E-state index contributed by atoms with van der Waals surface area (Å²) in [4.78, 5) is 0. The van der Waals surface area contributed by atoms with Crippen molar-refractivity contribution in [1.29, 1.82) is 0 Å². The van der Waals surface area contributed by atoms with Gasteiger partial charge in [0.2, 0.25) is 0 Å². The first kappa shape index (κ1) is 14.0. The molecule has 0 bridgehead atoms. The highest BCUT2D eigenvalue weighted by atomic mass is 35.5. The maximum absolute atomic E-state index is 13.3. The fourth-order valence-corrected chi connectivity index (χ4v) is 2.63. The molecule has 1 N–H and O–H groups in total. The van der Waals surface area contributed by atoms with Crippen LogP contribution in [0.5, 0.6) is 0 Å². The van der Waals surface area contributed by atoms with Gasteiger partial charge in [0, 0.05) is 11.4 Å². The van der Waals surface area contributed by atoms with E-state index in [0.29, 0.717) is 11.4 Å². The first-order valence-electron chi connectivity index (χ1n) is 6.17. The monoisotopic (exact) mass is 278 g/mol. The SMILES string of the molecule is Cc1cc(F)cc(C)c1C(O)Cc1ccccc1Cl. The molecule has 100 valence electrons. The Morgan fingerprint density at radius 3 is 2.32 bits per heavy atom. The van der Waals surface area contributed by atoms with Crippen LogP contribution >= 0.6 is 11.6 Å². The van der Waals surface area contributed by atoms with Gasteiger partial charge in [-0.15, -0.1) is 0 Å². The molecule has 0 aliphatic heterocycles. The number of aliphatic hydroxyl groups is 1. The number of aliphatic hydroxyl groups excluding tert-OH is 1. The van der Waals surface area contributed by atoms with Crippen molar-refractivity contribution in [3.63, 3.8) is 0 Å². The van der Waals surface area contributed by atoms with Crippen molar-refractivity contribution in [2.24, 2.45) is 0 Å². The normalized spacial score (nSPS) is 12.5. The fourth-order valence-electron chi connectivity index (χ4n) is 2.42. The van der Waals surface area contributed by atoms with Gasteiger partial charge in [0.05, 0.1) is 6.10 Å². The Balaban J connectivity index is 2.31. The zero-order chi connectivity index (χ0) is 14.0. The molecule has 19 heavy (non-hydrogen) atoms. The largest absolute Gasteiger partial charge is 0.388 e. The van der Waals surface area contributed by atoms with E-state index in [9.17, 15) is 9.50 Å². The van der Waals surface area contributed by atoms with Crippen LogP contribution in [0.25, 0.3) is 0 Å². The predicted molar refractivity (Wildman–Crippen MR) is 76.0 cm³/mol. The number of rotatable bonds is 3. The summed E-state index contributed by atoms with van der Waals surface area (Å²) in [6.07, 6.45) is -0.256. The van der Waals surface area contributed by atoms with Gasteiger partial charge in [-0.1, -0.05) is 29.8 Å². The van der Waals surface area contributed by atoms with Crippen molar-refractivity contribution >= 4 is 11.6 Å². The summed E-state index contributed by atoms with van der Waals surface area (Å²) in [6, 6.07) is 10.3. The molecule has 1 nitrogen and oxygen atoms in total. The van der Waals surface area contributed by atoms with Gasteiger partial charge in [-0.05, 0) is 54.3 Å². The highest BCUT2D eigenvalue weighted by molar-refractivity contribution is 6.31. The summed E-state index contributed by atoms with van der Waals surface area (Å²) in [5, 5.41) is 11.0. The average Bonchev–Trinajstić information content (AvgIpc) is 2.30. The third kappa shape index (κ3) is 3.14. The Morgan fingerprint density at radius 1 is 1.16 bits per heavy atom. The van der Waals surface area contributed by atoms with Crippen LogP contribution in [0.4, 0.5) is 4.39 Å². The van der Waals surface area contributed by atoms with E-state index in [0.717, 1.165) is 22.3 Å². The molecule has 0 saturated carbocycles. The standard InChI is InChI=1S/C16H16ClFO/c1-10-7-13(18)8-11(2)16(10)15(19)9-12-5-3-4-6-14(12)17/h3-8,15,19H,9H2,1-2H3. The van der Waals surface area contributed by atoms with Crippen molar-refractivity contribution in [3.8, 4) is 0 Å². The minimum absolute atomic E-state index is 0.274. The molecular weight excluding hydrogens is 263 g/mol. The number of halogens is 2. The summed E-state index contributed by atoms with van der Waals surface area (Å²) in [6.45, 7) is 3.61. The van der Waals surface area contributed by atoms with Crippen LogP contribution < -0.4 is 0 Å². The van der Waals surface area contributed by atoms with Crippen molar-refractivity contribution in [2.45, 2.75) is 26.4 Å². The van der Waals surface area contributed by atoms with E-state index in [1.54, 1.807) is 19.9 Å². The zero-order valence-corrected chi connectivity index (χ0v) is 11.7. The predicted octanol–water partition coefficient (Wildman–Crippen LogP) is 4.37. The molecular formula is C16H16ClFO. The minimum Gasteiger partial charge on any atom is -0.388 e. The maximum Gasteiger partial charge on any atom is 0.123 e. The highest BCUT2D eigenvalue weighted by Gasteiger charge is 2.16. The Hall–Kier alpha value is -1.38. The van der Waals surface area contributed by atoms with E-state index < -0.39 is 6.10 Å². The molecule has 0 radical (unpaired) electrons. The summed E-state index contributed by atoms with van der Waals surface area (Å²) in [5.74, 6) is -0.274. The van der Waals surface area contributed by atoms with Crippen LogP contribution in [0.3, 0.4) is 0 Å². The van der Waals surface area contributed by atoms with E-state index in [1.807, 2.05) is 18.2 Å². The molecule has 2 rings (SSSR count). The van der Waals surface area contributed by atoms with Gasteiger partial charge >= 0.3 is 0 Å². The number of aryl methyl sites for hydroxylation is 2. The third-order valence-corrected chi connectivity index (χ3v) is 3.63. The molecule has 0 saturated heterocycles. The topological polar surface area (TPSA) is 20.2 Å². The molecule has 0 amide bonds. The smallest absolute Gasteiger partial charge is 0.123 e. The van der Waals surface area contributed by atoms with E-state index in [2.05, 4.69) is 0 Å². The van der Waals surface area contributed by atoms with Gasteiger partial charge in [0.1, 0.15) is 5.82 Å². The second-order valence-corrected chi connectivity index (χ2v) is 5.17. The zero-order valence-electron chi connectivity index (χ0n) is 11.0. The number of hydrogen-bond acceptors (Lipinski definition) is 1. The lowest BCUT2D eigenvalue weighted by molar-refractivity contribution is 0.177. The lowest BCUT2D eigenvalue weighted by Gasteiger charge is -2.17. The van der Waals surface area contributed by atoms with Crippen LogP contribution in [0.15, 0.2) is 36.4 Å². The minimum atomic E-state index is -0.680. The number of benzene rings is 2. The Bertz CT molecular complexity index is 572. The van der Waals surface area contributed by atoms with Crippen molar-refractivity contribution in [1.82, 2.24) is 0 Å². The third-order valence-electron chi connectivity index (χ3n) is 3.26. The average molecular weight is 279 g/mol. The van der Waals surface area contributed by atoms with Crippen LogP contribution in [0, 0.1) is 19.7 Å². The molecule has 3 heteroatoms. The summed E-state index contributed by atoms with van der Waals surface area (Å²) in [5.41, 5.74) is 3.19. The van der Waals surface area contributed by atoms with E-state index >= 15 is 0 Å². The lowest BCUT2D eigenvalue weighted by atomic mass is 9.93. The van der Waals surface area contributed by atoms with Crippen LogP contribution in [-0.4, -0.2) is 5.11 Å². The second kappa shape index (κ2) is 5.72. The second-order valence-electron chi connectivity index (χ2n) is 4.76. The first-order valence-corrected chi connectivity index (χ1v) is 6.55. The quantitative estimate of drug-likeness (QED) is 0.884. The molecule has 1 atom stereocenters. The molecule has 0 aromatic heterocycles. The summed E-state index contributed by atoms with van der Waals surface area (Å²) in [7, 11) is 0. The molecule has 0 fully saturated rings. The number of hydrogen-bond donors (Lipinski definition) is 1. The fraction of sp³-hybridized carbons (Fsp3) is 0.250. The first-order chi connectivity index (χ1) is 8.99. The Labute approximate surface area is 117 Å². The van der Waals surface area contributed by atoms with E-state index in [1.165, 1.54) is 12.1 Å². The Kier molecular flexibility index (Phi) is 4.23. The molecule has 2 aromatic rings. The summed E-state index contributed by atoms with van der Waals surface area (Å²) < 4.78 is 13.3. The molecule has 0 heterocycles. The van der Waals surface area contributed by atoms with Gasteiger partial charge in [0.25, 0.3) is 0 Å². The van der Waals surface area contributed by atoms with Gasteiger partial charge < -0.3 is 5.11 Å². The molecule has 1 unspecified atom stereocenters. The van der Waals surface area contributed by atoms with Crippen LogP contribution in [0.1, 0.15) is 28.4 Å². The van der Waals surface area contributed by atoms with Crippen molar-refractivity contribution < 1.29 is 9.50 Å². The molecule has 0 spiro atoms. The lowest BCUT2D eigenvalue weighted by Crippen LogP contribution is -2.07. The summed E-state index contributed by atoms with van der Waals surface area (Å²) >= 11 is 6.09. The van der Waals surface area contributed by atoms with Gasteiger partial charge in [-0.25, -0.2) is 4.39 Å². The molecule has 2 aromatic carbocycles. The Morgan fingerprint density at radius 2 is 1.74 bits per heavy atom. The van der Waals surface area contributed by atoms with Crippen molar-refractivity contribution in [3.05, 3.63) is 69.5 Å². The van der Waals surface area contributed by atoms with Crippen LogP contribution in [-0.2, 0) is 6.42 Å². The van der Waals surface area contributed by atoms with E-state index in [4.69, 9.17) is 11.6 Å². The molecule has 0 aliphatic carbocycles. The molecule has 0 aliphatic rings. The van der Waals surface area contributed by atoms with Gasteiger partial charge in [-0.2, -0.15) is 0 Å². The van der Waals surface area contributed by atoms with Crippen molar-refractivity contribution in [2.75, 3.05) is 0 Å². The maximum atomic E-state index is 13.3. The highest BCUT2D eigenvalue weighted by Crippen LogP contribution is 2.28. The van der Waals surface area contributed by atoms with Gasteiger partial charge in [0.15, 0.2) is 0 Å². The van der Waals surface area contributed by atoms with Crippen LogP contribution in [0.2, 0.25) is 5.02 Å². The van der Waals surface area contributed by atoms with E-state index in [-0.39, 0.29) is 5.82 Å².